The maximum absolute atomic E-state index is 14.1. The van der Waals surface area contributed by atoms with Crippen molar-refractivity contribution >= 4 is 11.9 Å². The van der Waals surface area contributed by atoms with Crippen molar-refractivity contribution in [2.45, 2.75) is 56.2 Å². The van der Waals surface area contributed by atoms with Crippen LogP contribution in [-0.2, 0) is 5.41 Å². The molecule has 3 rings (SSSR count). The third-order valence-electron chi connectivity index (χ3n) is 5.93. The molecule has 1 aliphatic rings. The number of aliphatic imine (C=N–C) groups is 1. The topological polar surface area (TPSA) is 47.6 Å². The molecular weight excluding hydrogens is 396 g/mol. The zero-order valence-corrected chi connectivity index (χ0v) is 17.0. The third kappa shape index (κ3) is 4.51. The van der Waals surface area contributed by atoms with Crippen LogP contribution in [0, 0.1) is 5.82 Å². The van der Waals surface area contributed by atoms with E-state index in [4.69, 9.17) is 10.5 Å². The minimum atomic E-state index is -4.38. The Morgan fingerprint density at radius 3 is 2.60 bits per heavy atom. The van der Waals surface area contributed by atoms with Crippen LogP contribution in [0.2, 0.25) is 0 Å². The first-order valence-electron chi connectivity index (χ1n) is 9.97. The number of alkyl halides is 3. The molecule has 0 saturated carbocycles. The molecule has 0 aromatic heterocycles. The monoisotopic (exact) mass is 422 g/mol. The molecule has 0 bridgehead atoms. The van der Waals surface area contributed by atoms with Gasteiger partial charge in [0.15, 0.2) is 0 Å². The van der Waals surface area contributed by atoms with Gasteiger partial charge in [-0.15, -0.1) is 0 Å². The third-order valence-corrected chi connectivity index (χ3v) is 5.93. The highest BCUT2D eigenvalue weighted by Gasteiger charge is 2.41. The van der Waals surface area contributed by atoms with Crippen molar-refractivity contribution in [3.05, 3.63) is 59.4 Å². The number of methoxy groups -OCH3 is 1. The molecule has 0 amide bonds. The maximum atomic E-state index is 14.1. The molecule has 2 N–H and O–H groups in total. The summed E-state index contributed by atoms with van der Waals surface area (Å²) in [5, 5.41) is 0. The van der Waals surface area contributed by atoms with E-state index < -0.39 is 17.6 Å². The van der Waals surface area contributed by atoms with E-state index >= 15 is 0 Å². The van der Waals surface area contributed by atoms with Crippen molar-refractivity contribution < 1.29 is 22.3 Å². The van der Waals surface area contributed by atoms with Gasteiger partial charge in [-0.2, -0.15) is 13.2 Å². The molecule has 2 aromatic rings. The number of hydrogen-bond acceptors (Lipinski definition) is 3. The molecule has 0 fully saturated rings. The molecule has 3 atom stereocenters. The van der Waals surface area contributed by atoms with Crippen LogP contribution in [-0.4, -0.2) is 25.5 Å². The second-order valence-electron chi connectivity index (χ2n) is 7.93. The van der Waals surface area contributed by atoms with Gasteiger partial charge in [0.05, 0.1) is 12.8 Å². The van der Waals surface area contributed by atoms with Gasteiger partial charge in [-0.25, -0.2) is 4.39 Å². The van der Waals surface area contributed by atoms with Gasteiger partial charge in [-0.3, -0.25) is 4.99 Å². The normalized spacial score (nSPS) is 21.9. The zero-order valence-electron chi connectivity index (χ0n) is 17.0. The summed E-state index contributed by atoms with van der Waals surface area (Å²) in [7, 11) is 1.53. The second-order valence-corrected chi connectivity index (χ2v) is 7.93. The summed E-state index contributed by atoms with van der Waals surface area (Å²) in [6.45, 7) is 1.97. The number of nitrogens with two attached hydrogens (primary N) is 1. The average molecular weight is 422 g/mol. The lowest BCUT2D eigenvalue weighted by Gasteiger charge is -2.39. The Hall–Kier alpha value is -2.41. The summed E-state index contributed by atoms with van der Waals surface area (Å²) in [5.41, 5.74) is 7.05. The van der Waals surface area contributed by atoms with E-state index in [1.54, 1.807) is 12.3 Å². The smallest absolute Gasteiger partial charge is 0.403 e. The molecule has 30 heavy (non-hydrogen) atoms. The van der Waals surface area contributed by atoms with Crippen LogP contribution in [0.1, 0.15) is 49.7 Å². The number of ether oxygens (including phenoxy) is 1. The number of nitrogens with zero attached hydrogens (tertiary/aromatic N) is 1. The van der Waals surface area contributed by atoms with Crippen molar-refractivity contribution in [2.75, 3.05) is 7.11 Å². The number of rotatable bonds is 7. The van der Waals surface area contributed by atoms with Crippen molar-refractivity contribution in [2.24, 2.45) is 10.7 Å². The Labute approximate surface area is 174 Å². The molecule has 1 heterocycles. The van der Waals surface area contributed by atoms with Crippen LogP contribution in [0.3, 0.4) is 0 Å². The molecule has 3 unspecified atom stereocenters. The number of halogens is 4. The molecule has 0 radical (unpaired) electrons. The lowest BCUT2D eigenvalue weighted by Crippen LogP contribution is -2.37. The van der Waals surface area contributed by atoms with Crippen LogP contribution in [0.25, 0.3) is 0 Å². The molecule has 0 spiro atoms. The van der Waals surface area contributed by atoms with E-state index in [1.165, 1.54) is 19.2 Å². The fourth-order valence-corrected chi connectivity index (χ4v) is 4.21. The Morgan fingerprint density at radius 1 is 1.17 bits per heavy atom. The van der Waals surface area contributed by atoms with E-state index in [9.17, 15) is 17.6 Å². The van der Waals surface area contributed by atoms with Gasteiger partial charge in [-0.1, -0.05) is 31.0 Å². The van der Waals surface area contributed by atoms with Crippen molar-refractivity contribution in [1.82, 2.24) is 0 Å². The van der Waals surface area contributed by atoms with E-state index in [0.29, 0.717) is 30.6 Å². The Kier molecular flexibility index (Phi) is 6.50. The van der Waals surface area contributed by atoms with Crippen molar-refractivity contribution in [3.63, 3.8) is 0 Å². The molecule has 1 aliphatic heterocycles. The lowest BCUT2D eigenvalue weighted by atomic mass is 9.66. The van der Waals surface area contributed by atoms with Crippen LogP contribution in [0.5, 0.6) is 5.75 Å². The first-order chi connectivity index (χ1) is 14.2. The zero-order chi connectivity index (χ0) is 21.9. The molecule has 2 aromatic carbocycles. The summed E-state index contributed by atoms with van der Waals surface area (Å²) < 4.78 is 57.7. The standard InChI is InChI=1S/C23H26F4N2O/c1-22(18-13-15(24)11-12-20(18)30-2)14-29-19-9-5-3-7-16(19)17(22)8-4-6-10-21(28)23(25,26)27/h3,5,7,9,11-14,17,21H,4,6,8,10,28H2,1-2H3. The molecule has 0 saturated heterocycles. The highest BCUT2D eigenvalue weighted by Crippen LogP contribution is 2.49. The predicted molar refractivity (Wildman–Crippen MR) is 110 cm³/mol. The van der Waals surface area contributed by atoms with E-state index in [0.717, 1.165) is 11.3 Å². The van der Waals surface area contributed by atoms with Crippen molar-refractivity contribution in [3.8, 4) is 5.75 Å². The fraction of sp³-hybridized carbons (Fsp3) is 0.435. The van der Waals surface area contributed by atoms with Gasteiger partial charge < -0.3 is 10.5 Å². The van der Waals surface area contributed by atoms with Crippen LogP contribution in [0.4, 0.5) is 23.2 Å². The quantitative estimate of drug-likeness (QED) is 0.437. The van der Waals surface area contributed by atoms with E-state index in [-0.39, 0.29) is 18.2 Å². The summed E-state index contributed by atoms with van der Waals surface area (Å²) in [6, 6.07) is 10.2. The number of para-hydroxylation sites is 1. The number of benzene rings is 2. The first kappa shape index (κ1) is 22.3. The van der Waals surface area contributed by atoms with E-state index in [1.807, 2.05) is 31.2 Å². The van der Waals surface area contributed by atoms with Gasteiger partial charge in [0.2, 0.25) is 0 Å². The van der Waals surface area contributed by atoms with Crippen LogP contribution < -0.4 is 10.5 Å². The molecule has 3 nitrogen and oxygen atoms in total. The molecule has 0 aliphatic carbocycles. The molecule has 162 valence electrons. The van der Waals surface area contributed by atoms with Gasteiger partial charge >= 0.3 is 6.18 Å². The summed E-state index contributed by atoms with van der Waals surface area (Å²) in [6.07, 6.45) is -1.17. The average Bonchev–Trinajstić information content (AvgIpc) is 2.71. The summed E-state index contributed by atoms with van der Waals surface area (Å²) in [5.74, 6) is 0.0759. The minimum Gasteiger partial charge on any atom is -0.496 e. The fourth-order valence-electron chi connectivity index (χ4n) is 4.21. The number of unbranched alkanes of at least 4 members (excludes halogenated alkanes) is 1. The van der Waals surface area contributed by atoms with Gasteiger partial charge in [0.25, 0.3) is 0 Å². The predicted octanol–water partition coefficient (Wildman–Crippen LogP) is 6.04. The summed E-state index contributed by atoms with van der Waals surface area (Å²) >= 11 is 0. The highest BCUT2D eigenvalue weighted by atomic mass is 19.4. The van der Waals surface area contributed by atoms with E-state index in [2.05, 4.69) is 4.99 Å². The number of hydrogen-bond donors (Lipinski definition) is 1. The lowest BCUT2D eigenvalue weighted by molar-refractivity contribution is -0.149. The van der Waals surface area contributed by atoms with Gasteiger partial charge in [-0.05, 0) is 49.6 Å². The Bertz CT molecular complexity index is 912. The first-order valence-corrected chi connectivity index (χ1v) is 9.97. The maximum Gasteiger partial charge on any atom is 0.403 e. The Balaban J connectivity index is 1.90. The van der Waals surface area contributed by atoms with Crippen LogP contribution in [0.15, 0.2) is 47.5 Å². The minimum absolute atomic E-state index is 0.0935. The molecule has 7 heteroatoms. The second kappa shape index (κ2) is 8.76. The van der Waals surface area contributed by atoms with Gasteiger partial charge in [0.1, 0.15) is 17.6 Å². The molecular formula is C23H26F4N2O. The van der Waals surface area contributed by atoms with Crippen LogP contribution >= 0.6 is 0 Å². The van der Waals surface area contributed by atoms with Gasteiger partial charge in [0, 0.05) is 23.1 Å². The van der Waals surface area contributed by atoms with Crippen molar-refractivity contribution in [1.29, 1.82) is 0 Å². The number of fused-ring (bicyclic) bond motifs is 1. The summed E-state index contributed by atoms with van der Waals surface area (Å²) in [4.78, 5) is 4.59. The SMILES string of the molecule is COc1ccc(F)cc1C1(C)C=Nc2ccccc2C1CCCCC(N)C(F)(F)F. The largest absolute Gasteiger partial charge is 0.496 e. The Morgan fingerprint density at radius 2 is 1.90 bits per heavy atom. The highest BCUT2D eigenvalue weighted by molar-refractivity contribution is 5.83.